The van der Waals surface area contributed by atoms with Crippen LogP contribution in [0.2, 0.25) is 0 Å². The molecule has 1 aliphatic heterocycles. The molecule has 0 radical (unpaired) electrons. The summed E-state index contributed by atoms with van der Waals surface area (Å²) in [6, 6.07) is 0. The Morgan fingerprint density at radius 2 is 1.35 bits per heavy atom. The highest BCUT2D eigenvalue weighted by Gasteiger charge is 2.22. The predicted molar refractivity (Wildman–Crippen MR) is 87.0 cm³/mol. The summed E-state index contributed by atoms with van der Waals surface area (Å²) in [6.45, 7) is 4.30. The zero-order chi connectivity index (χ0) is 14.5. The number of hydrogen-bond donors (Lipinski definition) is 1. The average Bonchev–Trinajstić information content (AvgIpc) is 2.50. The van der Waals surface area contributed by atoms with Crippen molar-refractivity contribution in [3.63, 3.8) is 0 Å². The molecule has 1 atom stereocenters. The van der Waals surface area contributed by atoms with Crippen LogP contribution in [0.15, 0.2) is 0 Å². The molecule has 1 heterocycles. The minimum absolute atomic E-state index is 0.342. The second-order valence-electron chi connectivity index (χ2n) is 6.57. The summed E-state index contributed by atoms with van der Waals surface area (Å²) < 4.78 is 14.0. The van der Waals surface area contributed by atoms with E-state index < -0.39 is 6.17 Å². The lowest BCUT2D eigenvalue weighted by atomic mass is 9.90. The van der Waals surface area contributed by atoms with Crippen molar-refractivity contribution < 1.29 is 4.39 Å². The van der Waals surface area contributed by atoms with Gasteiger partial charge in [0.25, 0.3) is 0 Å². The zero-order valence-electron chi connectivity index (χ0n) is 13.6. The van der Waals surface area contributed by atoms with Crippen LogP contribution in [0.5, 0.6) is 0 Å². The Bertz CT molecular complexity index is 202. The van der Waals surface area contributed by atoms with Crippen molar-refractivity contribution in [2.45, 2.75) is 96.6 Å². The van der Waals surface area contributed by atoms with Gasteiger partial charge in [-0.1, -0.05) is 71.1 Å². The van der Waals surface area contributed by atoms with Crippen LogP contribution < -0.4 is 5.32 Å². The van der Waals surface area contributed by atoms with Gasteiger partial charge in [-0.3, -0.25) is 0 Å². The highest BCUT2D eigenvalue weighted by Crippen LogP contribution is 2.23. The fourth-order valence-electron chi connectivity index (χ4n) is 3.27. The van der Waals surface area contributed by atoms with Crippen molar-refractivity contribution in [1.29, 1.82) is 0 Å². The molecule has 1 saturated heterocycles. The fraction of sp³-hybridized carbons (Fsp3) is 1.00. The van der Waals surface area contributed by atoms with Gasteiger partial charge in [-0.2, -0.15) is 0 Å². The fourth-order valence-corrected chi connectivity index (χ4v) is 3.27. The first-order valence-corrected chi connectivity index (χ1v) is 9.19. The summed E-state index contributed by atoms with van der Waals surface area (Å²) in [6.07, 6.45) is 15.7. The molecular formula is C18H36FN. The van der Waals surface area contributed by atoms with Crippen molar-refractivity contribution in [2.24, 2.45) is 5.92 Å². The standard InChI is InChI=1S/C18H36FN/c1-2-3-4-5-6-7-8-9-10-11-12-18(19)17-13-15-20-16-14-17/h17-18,20H,2-16H2,1H3. The highest BCUT2D eigenvalue weighted by atomic mass is 19.1. The van der Waals surface area contributed by atoms with E-state index >= 15 is 0 Å². The summed E-state index contributed by atoms with van der Waals surface area (Å²) in [5.74, 6) is 0.342. The number of unbranched alkanes of at least 4 members (excludes halogenated alkanes) is 9. The summed E-state index contributed by atoms with van der Waals surface area (Å²) >= 11 is 0. The Morgan fingerprint density at radius 1 is 0.850 bits per heavy atom. The van der Waals surface area contributed by atoms with Gasteiger partial charge < -0.3 is 5.32 Å². The Labute approximate surface area is 126 Å². The lowest BCUT2D eigenvalue weighted by Crippen LogP contribution is -2.32. The first-order valence-electron chi connectivity index (χ1n) is 9.19. The van der Waals surface area contributed by atoms with Crippen LogP contribution in [-0.2, 0) is 0 Å². The molecule has 1 N–H and O–H groups in total. The molecule has 1 fully saturated rings. The smallest absolute Gasteiger partial charge is 0.103 e. The summed E-state index contributed by atoms with van der Waals surface area (Å²) in [5, 5.41) is 3.31. The van der Waals surface area contributed by atoms with Crippen LogP contribution in [0, 0.1) is 5.92 Å². The molecule has 0 bridgehead atoms. The molecule has 0 aromatic carbocycles. The SMILES string of the molecule is CCCCCCCCCCCCC(F)C1CCNCC1. The van der Waals surface area contributed by atoms with Crippen LogP contribution in [0.1, 0.15) is 90.4 Å². The first-order chi connectivity index (χ1) is 9.84. The van der Waals surface area contributed by atoms with Gasteiger partial charge in [0.15, 0.2) is 0 Å². The average molecular weight is 285 g/mol. The van der Waals surface area contributed by atoms with Crippen molar-refractivity contribution >= 4 is 0 Å². The topological polar surface area (TPSA) is 12.0 Å². The minimum Gasteiger partial charge on any atom is -0.317 e. The van der Waals surface area contributed by atoms with Gasteiger partial charge in [0.2, 0.25) is 0 Å². The second-order valence-corrected chi connectivity index (χ2v) is 6.57. The maximum absolute atomic E-state index is 14.0. The van der Waals surface area contributed by atoms with Crippen molar-refractivity contribution in [3.8, 4) is 0 Å². The maximum atomic E-state index is 14.0. The third-order valence-corrected chi connectivity index (χ3v) is 4.73. The van der Waals surface area contributed by atoms with Gasteiger partial charge in [0.1, 0.15) is 6.17 Å². The molecular weight excluding hydrogens is 249 g/mol. The second kappa shape index (κ2) is 12.6. The lowest BCUT2D eigenvalue weighted by molar-refractivity contribution is 0.173. The van der Waals surface area contributed by atoms with E-state index in [-0.39, 0.29) is 0 Å². The summed E-state index contributed by atoms with van der Waals surface area (Å²) in [7, 11) is 0. The van der Waals surface area contributed by atoms with Crippen molar-refractivity contribution in [2.75, 3.05) is 13.1 Å². The van der Waals surface area contributed by atoms with Crippen LogP contribution in [0.4, 0.5) is 4.39 Å². The Balaban J connectivity index is 1.82. The van der Waals surface area contributed by atoms with Gasteiger partial charge in [0, 0.05) is 0 Å². The molecule has 1 nitrogen and oxygen atoms in total. The summed E-state index contributed by atoms with van der Waals surface area (Å²) in [5.41, 5.74) is 0. The van der Waals surface area contributed by atoms with Gasteiger partial charge in [-0.15, -0.1) is 0 Å². The van der Waals surface area contributed by atoms with E-state index in [0.717, 1.165) is 38.8 Å². The van der Waals surface area contributed by atoms with Gasteiger partial charge in [-0.25, -0.2) is 4.39 Å². The number of nitrogens with one attached hydrogen (secondary N) is 1. The largest absolute Gasteiger partial charge is 0.317 e. The molecule has 20 heavy (non-hydrogen) atoms. The normalized spacial score (nSPS) is 18.3. The number of rotatable bonds is 12. The van der Waals surface area contributed by atoms with Crippen LogP contribution in [0.25, 0.3) is 0 Å². The van der Waals surface area contributed by atoms with Crippen LogP contribution >= 0.6 is 0 Å². The van der Waals surface area contributed by atoms with E-state index in [1.54, 1.807) is 0 Å². The number of alkyl halides is 1. The number of halogens is 1. The van der Waals surface area contributed by atoms with Crippen molar-refractivity contribution in [1.82, 2.24) is 5.32 Å². The van der Waals surface area contributed by atoms with E-state index in [1.807, 2.05) is 0 Å². The number of hydrogen-bond acceptors (Lipinski definition) is 1. The zero-order valence-corrected chi connectivity index (χ0v) is 13.6. The predicted octanol–water partition coefficient (Wildman–Crippen LogP) is 5.64. The first kappa shape index (κ1) is 17.9. The van der Waals surface area contributed by atoms with Crippen LogP contribution in [0.3, 0.4) is 0 Å². The van der Waals surface area contributed by atoms with E-state index in [0.29, 0.717) is 5.92 Å². The monoisotopic (exact) mass is 285 g/mol. The third kappa shape index (κ3) is 8.94. The molecule has 1 rings (SSSR count). The Hall–Kier alpha value is -0.110. The molecule has 1 unspecified atom stereocenters. The molecule has 0 aromatic rings. The quantitative estimate of drug-likeness (QED) is 0.458. The lowest BCUT2D eigenvalue weighted by Gasteiger charge is -2.25. The number of piperidine rings is 1. The van der Waals surface area contributed by atoms with E-state index in [4.69, 9.17) is 0 Å². The molecule has 0 aromatic heterocycles. The Morgan fingerprint density at radius 3 is 1.90 bits per heavy atom. The van der Waals surface area contributed by atoms with Gasteiger partial charge >= 0.3 is 0 Å². The molecule has 0 saturated carbocycles. The molecule has 1 aliphatic rings. The Kier molecular flexibility index (Phi) is 11.3. The molecule has 2 heteroatoms. The molecule has 0 aliphatic carbocycles. The van der Waals surface area contributed by atoms with Gasteiger partial charge in [-0.05, 0) is 38.3 Å². The maximum Gasteiger partial charge on any atom is 0.103 e. The minimum atomic E-state index is -0.536. The molecule has 120 valence electrons. The van der Waals surface area contributed by atoms with Gasteiger partial charge in [0.05, 0.1) is 0 Å². The van der Waals surface area contributed by atoms with E-state index in [1.165, 1.54) is 57.8 Å². The highest BCUT2D eigenvalue weighted by molar-refractivity contribution is 4.75. The molecule has 0 amide bonds. The van der Waals surface area contributed by atoms with E-state index in [9.17, 15) is 4.39 Å². The van der Waals surface area contributed by atoms with E-state index in [2.05, 4.69) is 12.2 Å². The van der Waals surface area contributed by atoms with Crippen LogP contribution in [-0.4, -0.2) is 19.3 Å². The van der Waals surface area contributed by atoms with Crippen molar-refractivity contribution in [3.05, 3.63) is 0 Å². The third-order valence-electron chi connectivity index (χ3n) is 4.73. The molecule has 0 spiro atoms. The summed E-state index contributed by atoms with van der Waals surface area (Å²) in [4.78, 5) is 0.